The first-order valence-corrected chi connectivity index (χ1v) is 10.1. The van der Waals surface area contributed by atoms with Crippen molar-refractivity contribution in [2.45, 2.75) is 83.5 Å². The maximum atomic E-state index is 10.3. The second-order valence-electron chi connectivity index (χ2n) is 9.92. The third kappa shape index (κ3) is 2.41. The second kappa shape index (κ2) is 5.96. The molecule has 0 unspecified atom stereocenters. The second-order valence-corrected chi connectivity index (χ2v) is 9.92. The third-order valence-corrected chi connectivity index (χ3v) is 8.99. The topological polar surface area (TPSA) is 38.7 Å². The van der Waals surface area contributed by atoms with Gasteiger partial charge in [0.25, 0.3) is 0 Å². The van der Waals surface area contributed by atoms with E-state index in [1.807, 2.05) is 14.2 Å². The summed E-state index contributed by atoms with van der Waals surface area (Å²) in [6.45, 7) is 5.05. The van der Waals surface area contributed by atoms with E-state index in [0.717, 1.165) is 30.6 Å². The van der Waals surface area contributed by atoms with Gasteiger partial charge in [-0.15, -0.1) is 0 Å². The molecular weight excluding hydrogens is 300 g/mol. The first-order valence-electron chi connectivity index (χ1n) is 10.1. The summed E-state index contributed by atoms with van der Waals surface area (Å²) in [5.74, 6) is 2.93. The Morgan fingerprint density at radius 1 is 0.875 bits per heavy atom. The van der Waals surface area contributed by atoms with E-state index in [9.17, 15) is 5.11 Å². The molecule has 24 heavy (non-hydrogen) atoms. The van der Waals surface area contributed by atoms with Crippen molar-refractivity contribution in [3.63, 3.8) is 0 Å². The highest BCUT2D eigenvalue weighted by Gasteiger charge is 2.61. The maximum absolute atomic E-state index is 10.3. The fourth-order valence-electron chi connectivity index (χ4n) is 7.68. The monoisotopic (exact) mass is 336 g/mol. The van der Waals surface area contributed by atoms with Crippen LogP contribution in [0.25, 0.3) is 0 Å². The molecule has 1 N–H and O–H groups in total. The number of aliphatic hydroxyl groups excluding tert-OH is 1. The molecular formula is C21H36O3. The lowest BCUT2D eigenvalue weighted by Crippen LogP contribution is -2.58. The molecule has 0 aromatic carbocycles. The Bertz CT molecular complexity index is 480. The highest BCUT2D eigenvalue weighted by molar-refractivity contribution is 5.10. The molecule has 4 aliphatic rings. The van der Waals surface area contributed by atoms with Crippen LogP contribution in [0.1, 0.15) is 65.2 Å². The molecule has 3 nitrogen and oxygen atoms in total. The quantitative estimate of drug-likeness (QED) is 0.827. The standard InChI is InChI=1S/C21H36O3/c1-20-7-6-16-15(17(20)10-14(12-20)23-3)11-19(24-4)18-9-13(22)5-8-21(16,18)2/h13-19,22H,5-12H2,1-4H3/t13-,14+,15-,16+,17+,18-,19-,20-,21-/m0/s1. The Labute approximate surface area is 147 Å². The third-order valence-electron chi connectivity index (χ3n) is 8.99. The summed E-state index contributed by atoms with van der Waals surface area (Å²) in [6.07, 6.45) is 10.2. The Morgan fingerprint density at radius 2 is 1.67 bits per heavy atom. The normalized spacial score (nSPS) is 57.1. The molecule has 0 spiro atoms. The lowest BCUT2D eigenvalue weighted by atomic mass is 9.44. The van der Waals surface area contributed by atoms with E-state index in [1.54, 1.807) is 0 Å². The minimum absolute atomic E-state index is 0.115. The molecule has 4 saturated carbocycles. The molecule has 3 heteroatoms. The zero-order valence-corrected chi connectivity index (χ0v) is 16.0. The number of hydrogen-bond donors (Lipinski definition) is 1. The summed E-state index contributed by atoms with van der Waals surface area (Å²) in [7, 11) is 3.78. The van der Waals surface area contributed by atoms with Crippen molar-refractivity contribution < 1.29 is 14.6 Å². The Balaban J connectivity index is 1.65. The van der Waals surface area contributed by atoms with E-state index in [2.05, 4.69) is 13.8 Å². The van der Waals surface area contributed by atoms with Crippen molar-refractivity contribution >= 4 is 0 Å². The van der Waals surface area contributed by atoms with Gasteiger partial charge in [-0.3, -0.25) is 0 Å². The van der Waals surface area contributed by atoms with Gasteiger partial charge in [0.2, 0.25) is 0 Å². The molecule has 0 saturated heterocycles. The molecule has 0 heterocycles. The molecule has 0 aromatic heterocycles. The van der Waals surface area contributed by atoms with Gasteiger partial charge in [0, 0.05) is 14.2 Å². The van der Waals surface area contributed by atoms with Gasteiger partial charge in [-0.05, 0) is 85.9 Å². The van der Waals surface area contributed by atoms with Crippen LogP contribution in [0.2, 0.25) is 0 Å². The van der Waals surface area contributed by atoms with Gasteiger partial charge in [0.1, 0.15) is 0 Å². The van der Waals surface area contributed by atoms with E-state index in [-0.39, 0.29) is 6.10 Å². The van der Waals surface area contributed by atoms with Crippen LogP contribution in [0.5, 0.6) is 0 Å². The van der Waals surface area contributed by atoms with Gasteiger partial charge in [-0.1, -0.05) is 13.8 Å². The van der Waals surface area contributed by atoms with Gasteiger partial charge < -0.3 is 14.6 Å². The van der Waals surface area contributed by atoms with Gasteiger partial charge in [0.15, 0.2) is 0 Å². The van der Waals surface area contributed by atoms with Gasteiger partial charge in [0.05, 0.1) is 18.3 Å². The Kier molecular flexibility index (Phi) is 4.29. The molecule has 4 rings (SSSR count). The first-order chi connectivity index (χ1) is 11.4. The number of ether oxygens (including phenoxy) is 2. The summed E-state index contributed by atoms with van der Waals surface area (Å²) >= 11 is 0. The fourth-order valence-corrected chi connectivity index (χ4v) is 7.68. The Hall–Kier alpha value is -0.120. The lowest BCUT2D eigenvalue weighted by molar-refractivity contribution is -0.175. The molecule has 9 atom stereocenters. The van der Waals surface area contributed by atoms with Gasteiger partial charge >= 0.3 is 0 Å². The van der Waals surface area contributed by atoms with E-state index >= 15 is 0 Å². The van der Waals surface area contributed by atoms with Crippen LogP contribution in [-0.4, -0.2) is 37.6 Å². The molecule has 0 amide bonds. The van der Waals surface area contributed by atoms with E-state index in [1.165, 1.54) is 38.5 Å². The SMILES string of the molecule is CO[C@@H]1C[C@@H]2[C@H]3C[C@H](OC)[C@@H]4C[C@@H](O)CC[C@@]4(C)[C@@H]3CC[C@@]2(C)C1. The van der Waals surface area contributed by atoms with Crippen molar-refractivity contribution in [1.82, 2.24) is 0 Å². The minimum atomic E-state index is -0.115. The average Bonchev–Trinajstić information content (AvgIpc) is 2.92. The van der Waals surface area contributed by atoms with E-state index in [4.69, 9.17) is 9.47 Å². The largest absolute Gasteiger partial charge is 0.393 e. The maximum Gasteiger partial charge on any atom is 0.0608 e. The van der Waals surface area contributed by atoms with Crippen LogP contribution in [0.15, 0.2) is 0 Å². The van der Waals surface area contributed by atoms with Gasteiger partial charge in [-0.2, -0.15) is 0 Å². The minimum Gasteiger partial charge on any atom is -0.393 e. The molecule has 0 bridgehead atoms. The molecule has 4 aliphatic carbocycles. The number of methoxy groups -OCH3 is 2. The van der Waals surface area contributed by atoms with Crippen molar-refractivity contribution in [3.05, 3.63) is 0 Å². The number of rotatable bonds is 2. The highest BCUT2D eigenvalue weighted by atomic mass is 16.5. The van der Waals surface area contributed by atoms with E-state index < -0.39 is 0 Å². The van der Waals surface area contributed by atoms with Crippen molar-refractivity contribution in [1.29, 1.82) is 0 Å². The van der Waals surface area contributed by atoms with Crippen LogP contribution >= 0.6 is 0 Å². The first kappa shape index (κ1) is 17.3. The Morgan fingerprint density at radius 3 is 2.38 bits per heavy atom. The number of aliphatic hydroxyl groups is 1. The van der Waals surface area contributed by atoms with Crippen LogP contribution in [0.3, 0.4) is 0 Å². The van der Waals surface area contributed by atoms with Crippen molar-refractivity contribution in [2.24, 2.45) is 34.5 Å². The highest BCUT2D eigenvalue weighted by Crippen LogP contribution is 2.66. The van der Waals surface area contributed by atoms with Crippen molar-refractivity contribution in [3.8, 4) is 0 Å². The zero-order chi connectivity index (χ0) is 17.1. The lowest BCUT2D eigenvalue weighted by Gasteiger charge is -2.62. The zero-order valence-electron chi connectivity index (χ0n) is 16.0. The van der Waals surface area contributed by atoms with Gasteiger partial charge in [-0.25, -0.2) is 0 Å². The number of hydrogen-bond acceptors (Lipinski definition) is 3. The molecule has 138 valence electrons. The molecule has 0 aromatic rings. The van der Waals surface area contributed by atoms with Crippen LogP contribution in [0.4, 0.5) is 0 Å². The summed E-state index contributed by atoms with van der Waals surface area (Å²) in [6, 6.07) is 0. The summed E-state index contributed by atoms with van der Waals surface area (Å²) in [4.78, 5) is 0. The molecule has 4 fully saturated rings. The van der Waals surface area contributed by atoms with Crippen LogP contribution in [-0.2, 0) is 9.47 Å². The fraction of sp³-hybridized carbons (Fsp3) is 1.00. The predicted octanol–water partition coefficient (Wildman–Crippen LogP) is 4.03. The predicted molar refractivity (Wildman–Crippen MR) is 94.7 cm³/mol. The van der Waals surface area contributed by atoms with Crippen molar-refractivity contribution in [2.75, 3.05) is 14.2 Å². The van der Waals surface area contributed by atoms with Crippen LogP contribution in [0, 0.1) is 34.5 Å². The smallest absolute Gasteiger partial charge is 0.0608 e. The number of fused-ring (bicyclic) bond motifs is 5. The average molecular weight is 337 g/mol. The van der Waals surface area contributed by atoms with E-state index in [0.29, 0.717) is 29.0 Å². The summed E-state index contributed by atoms with van der Waals surface area (Å²) < 4.78 is 11.8. The molecule has 0 aliphatic heterocycles. The molecule has 0 radical (unpaired) electrons. The summed E-state index contributed by atoms with van der Waals surface area (Å²) in [5, 5.41) is 10.3. The van der Waals surface area contributed by atoms with Crippen LogP contribution < -0.4 is 0 Å². The summed E-state index contributed by atoms with van der Waals surface area (Å²) in [5.41, 5.74) is 0.826.